The van der Waals surface area contributed by atoms with Crippen LogP contribution >= 0.6 is 0 Å². The lowest BCUT2D eigenvalue weighted by atomic mass is 9.89. The fourth-order valence-electron chi connectivity index (χ4n) is 4.89. The monoisotopic (exact) mass is 363 g/mol. The Morgan fingerprint density at radius 2 is 2.31 bits per heavy atom. The SMILES string of the molecule is CC[C@H]1Cc2c(F)cc(C(=O)NO)cc2CN1C[C@@]12C[C@@H](CO1)N(C)C2. The van der Waals surface area contributed by atoms with Crippen LogP contribution in [0.3, 0.4) is 0 Å². The van der Waals surface area contributed by atoms with Gasteiger partial charge >= 0.3 is 0 Å². The van der Waals surface area contributed by atoms with Crippen LogP contribution in [0.4, 0.5) is 4.39 Å². The number of likely N-dealkylation sites (N-methyl/N-ethyl adjacent to an activating group) is 1. The third-order valence-electron chi connectivity index (χ3n) is 6.29. The first-order valence-corrected chi connectivity index (χ1v) is 9.28. The number of halogens is 1. The van der Waals surface area contributed by atoms with E-state index >= 15 is 0 Å². The van der Waals surface area contributed by atoms with E-state index in [0.29, 0.717) is 24.6 Å². The summed E-state index contributed by atoms with van der Waals surface area (Å²) in [7, 11) is 2.15. The zero-order valence-electron chi connectivity index (χ0n) is 15.3. The van der Waals surface area contributed by atoms with E-state index < -0.39 is 5.91 Å². The summed E-state index contributed by atoms with van der Waals surface area (Å²) in [6.07, 6.45) is 2.62. The van der Waals surface area contributed by atoms with E-state index in [1.807, 2.05) is 0 Å². The molecule has 3 aliphatic heterocycles. The summed E-state index contributed by atoms with van der Waals surface area (Å²) in [6.45, 7) is 5.26. The lowest BCUT2D eigenvalue weighted by Gasteiger charge is -2.42. The fraction of sp³-hybridized carbons (Fsp3) is 0.632. The van der Waals surface area contributed by atoms with Gasteiger partial charge in [0.25, 0.3) is 5.91 Å². The lowest BCUT2D eigenvalue weighted by molar-refractivity contribution is -0.0661. The second-order valence-corrected chi connectivity index (χ2v) is 7.97. The number of hydrogen-bond acceptors (Lipinski definition) is 5. The minimum Gasteiger partial charge on any atom is -0.371 e. The molecule has 0 spiro atoms. The molecule has 0 aromatic heterocycles. The zero-order valence-corrected chi connectivity index (χ0v) is 15.3. The van der Waals surface area contributed by atoms with Crippen LogP contribution in [-0.2, 0) is 17.7 Å². The third-order valence-corrected chi connectivity index (χ3v) is 6.29. The van der Waals surface area contributed by atoms with Crippen molar-refractivity contribution in [3.05, 3.63) is 34.6 Å². The Kier molecular flexibility index (Phi) is 4.51. The Hall–Kier alpha value is -1.54. The standard InChI is InChI=1S/C19H26FN3O3/c1-3-14-6-16-13(4-12(5-17(16)20)18(24)21-25)8-23(14)11-19-7-15(9-26-19)22(2)10-19/h4-5,14-15,25H,3,6-11H2,1-2H3,(H,21,24)/t14-,15-,19-/m0/s1. The van der Waals surface area contributed by atoms with Gasteiger partial charge in [-0.2, -0.15) is 0 Å². The van der Waals surface area contributed by atoms with Gasteiger partial charge in [-0.25, -0.2) is 9.87 Å². The summed E-state index contributed by atoms with van der Waals surface area (Å²) in [5.74, 6) is -1.05. The maximum atomic E-state index is 14.6. The molecule has 4 rings (SSSR count). The van der Waals surface area contributed by atoms with Crippen LogP contribution in [0.2, 0.25) is 0 Å². The number of hydroxylamine groups is 1. The van der Waals surface area contributed by atoms with Crippen molar-refractivity contribution in [3.63, 3.8) is 0 Å². The highest BCUT2D eigenvalue weighted by Crippen LogP contribution is 2.39. The van der Waals surface area contributed by atoms with Crippen LogP contribution in [0.5, 0.6) is 0 Å². The first-order chi connectivity index (χ1) is 12.4. The van der Waals surface area contributed by atoms with E-state index in [1.54, 1.807) is 11.5 Å². The summed E-state index contributed by atoms with van der Waals surface area (Å²) in [4.78, 5) is 16.4. The summed E-state index contributed by atoms with van der Waals surface area (Å²) < 4.78 is 20.7. The van der Waals surface area contributed by atoms with Crippen molar-refractivity contribution in [2.24, 2.45) is 0 Å². The van der Waals surface area contributed by atoms with Crippen LogP contribution < -0.4 is 5.48 Å². The minimum absolute atomic E-state index is 0.136. The van der Waals surface area contributed by atoms with Gasteiger partial charge in [-0.15, -0.1) is 0 Å². The van der Waals surface area contributed by atoms with E-state index in [2.05, 4.69) is 23.8 Å². The number of benzene rings is 1. The van der Waals surface area contributed by atoms with Crippen LogP contribution in [0.1, 0.15) is 41.3 Å². The Labute approximate surface area is 152 Å². The molecule has 3 atom stereocenters. The zero-order chi connectivity index (χ0) is 18.5. The van der Waals surface area contributed by atoms with Crippen LogP contribution in [0.25, 0.3) is 0 Å². The first-order valence-electron chi connectivity index (χ1n) is 9.28. The Morgan fingerprint density at radius 3 is 2.92 bits per heavy atom. The van der Waals surface area contributed by atoms with Crippen LogP contribution in [0.15, 0.2) is 12.1 Å². The third kappa shape index (κ3) is 2.93. The Bertz CT molecular complexity index is 724. The molecule has 2 N–H and O–H groups in total. The van der Waals surface area contributed by atoms with Gasteiger partial charge in [0.2, 0.25) is 0 Å². The average Bonchev–Trinajstić information content (AvgIpc) is 3.17. The van der Waals surface area contributed by atoms with E-state index in [0.717, 1.165) is 38.1 Å². The molecule has 3 aliphatic rings. The van der Waals surface area contributed by atoms with E-state index in [-0.39, 0.29) is 23.0 Å². The fourth-order valence-corrected chi connectivity index (χ4v) is 4.89. The minimum atomic E-state index is -0.686. The van der Waals surface area contributed by atoms with Gasteiger partial charge < -0.3 is 4.74 Å². The number of rotatable bonds is 4. The van der Waals surface area contributed by atoms with E-state index in [4.69, 9.17) is 9.94 Å². The van der Waals surface area contributed by atoms with Crippen molar-refractivity contribution in [1.29, 1.82) is 0 Å². The maximum absolute atomic E-state index is 14.6. The number of amides is 1. The average molecular weight is 363 g/mol. The number of hydrogen-bond donors (Lipinski definition) is 2. The molecule has 142 valence electrons. The van der Waals surface area contributed by atoms with Crippen molar-refractivity contribution in [1.82, 2.24) is 15.3 Å². The van der Waals surface area contributed by atoms with Crippen molar-refractivity contribution in [3.8, 4) is 0 Å². The van der Waals surface area contributed by atoms with E-state index in [1.165, 1.54) is 6.07 Å². The van der Waals surface area contributed by atoms with Gasteiger partial charge in [0.05, 0.1) is 12.2 Å². The van der Waals surface area contributed by atoms with Gasteiger partial charge in [0.15, 0.2) is 0 Å². The molecular weight excluding hydrogens is 337 g/mol. The first kappa shape index (κ1) is 17.9. The van der Waals surface area contributed by atoms with Gasteiger partial charge in [-0.3, -0.25) is 19.8 Å². The molecule has 3 heterocycles. The van der Waals surface area contributed by atoms with Crippen molar-refractivity contribution >= 4 is 5.91 Å². The predicted octanol–water partition coefficient (Wildman–Crippen LogP) is 1.55. The summed E-state index contributed by atoms with van der Waals surface area (Å²) in [5, 5.41) is 8.85. The second-order valence-electron chi connectivity index (χ2n) is 7.97. The van der Waals surface area contributed by atoms with Crippen molar-refractivity contribution in [2.75, 3.05) is 26.7 Å². The number of morpholine rings is 1. The molecule has 1 amide bonds. The number of ether oxygens (including phenoxy) is 1. The van der Waals surface area contributed by atoms with Gasteiger partial charge in [0, 0.05) is 37.3 Å². The largest absolute Gasteiger partial charge is 0.371 e. The second kappa shape index (κ2) is 6.56. The summed E-state index contributed by atoms with van der Waals surface area (Å²) in [6, 6.07) is 3.67. The molecule has 6 nitrogen and oxygen atoms in total. The lowest BCUT2D eigenvalue weighted by Crippen LogP contribution is -2.52. The molecule has 2 fully saturated rings. The summed E-state index contributed by atoms with van der Waals surface area (Å²) in [5.41, 5.74) is 3.11. The number of likely N-dealkylation sites (tertiary alicyclic amines) is 1. The highest BCUT2D eigenvalue weighted by molar-refractivity contribution is 5.93. The molecule has 7 heteroatoms. The summed E-state index contributed by atoms with van der Waals surface area (Å²) >= 11 is 0. The Morgan fingerprint density at radius 1 is 1.50 bits per heavy atom. The molecular formula is C19H26FN3O3. The van der Waals surface area contributed by atoms with Crippen molar-refractivity contribution in [2.45, 2.75) is 50.4 Å². The molecule has 0 radical (unpaired) electrons. The number of nitrogens with zero attached hydrogens (tertiary/aromatic N) is 2. The molecule has 1 aromatic carbocycles. The molecule has 0 aliphatic carbocycles. The maximum Gasteiger partial charge on any atom is 0.274 e. The highest BCUT2D eigenvalue weighted by atomic mass is 19.1. The molecule has 26 heavy (non-hydrogen) atoms. The van der Waals surface area contributed by atoms with Gasteiger partial charge in [-0.05, 0) is 49.6 Å². The molecule has 1 aromatic rings. The van der Waals surface area contributed by atoms with E-state index in [9.17, 15) is 9.18 Å². The number of nitrogens with one attached hydrogen (secondary N) is 1. The molecule has 0 saturated carbocycles. The Balaban J connectivity index is 1.60. The van der Waals surface area contributed by atoms with Crippen molar-refractivity contribution < 1.29 is 19.1 Å². The number of carbonyl (C=O) groups is 1. The smallest absolute Gasteiger partial charge is 0.274 e. The van der Waals surface area contributed by atoms with Crippen LogP contribution in [-0.4, -0.2) is 65.3 Å². The highest BCUT2D eigenvalue weighted by Gasteiger charge is 2.51. The molecule has 0 unspecified atom stereocenters. The van der Waals surface area contributed by atoms with Gasteiger partial charge in [0.1, 0.15) is 5.82 Å². The van der Waals surface area contributed by atoms with Gasteiger partial charge in [-0.1, -0.05) is 6.92 Å². The number of fused-ring (bicyclic) bond motifs is 3. The quantitative estimate of drug-likeness (QED) is 0.628. The topological polar surface area (TPSA) is 65.0 Å². The predicted molar refractivity (Wildman–Crippen MR) is 93.6 cm³/mol. The number of carbonyl (C=O) groups excluding carboxylic acids is 1. The van der Waals surface area contributed by atoms with Crippen LogP contribution in [0, 0.1) is 5.82 Å². The normalized spacial score (nSPS) is 31.2. The molecule has 2 saturated heterocycles. The molecule has 2 bridgehead atoms.